The Balaban J connectivity index is 1.73. The SMILES string of the molecule is Cc1ccc2nc(N3CCN(C(=O)OC(C)(C)C)CC3)oc(=O)c2c1. The van der Waals surface area contributed by atoms with Gasteiger partial charge in [-0.05, 0) is 39.8 Å². The zero-order valence-corrected chi connectivity index (χ0v) is 15.0. The highest BCUT2D eigenvalue weighted by molar-refractivity contribution is 5.78. The smallest absolute Gasteiger partial charge is 0.410 e. The van der Waals surface area contributed by atoms with Gasteiger partial charge in [-0.2, -0.15) is 4.98 Å². The highest BCUT2D eigenvalue weighted by atomic mass is 16.6. The summed E-state index contributed by atoms with van der Waals surface area (Å²) in [5.41, 5.74) is 0.698. The van der Waals surface area contributed by atoms with Crippen LogP contribution in [-0.2, 0) is 4.74 Å². The van der Waals surface area contributed by atoms with E-state index in [0.29, 0.717) is 43.1 Å². The number of carbonyl (C=O) groups excluding carboxylic acids is 1. The molecule has 0 N–H and O–H groups in total. The lowest BCUT2D eigenvalue weighted by atomic mass is 10.2. The molecule has 1 aromatic heterocycles. The second kappa shape index (κ2) is 6.38. The highest BCUT2D eigenvalue weighted by Crippen LogP contribution is 2.18. The van der Waals surface area contributed by atoms with E-state index in [9.17, 15) is 9.59 Å². The molecule has 25 heavy (non-hydrogen) atoms. The minimum absolute atomic E-state index is 0.296. The Labute approximate surface area is 146 Å². The van der Waals surface area contributed by atoms with E-state index in [1.54, 1.807) is 11.0 Å². The van der Waals surface area contributed by atoms with Crippen LogP contribution >= 0.6 is 0 Å². The molecule has 0 aliphatic carbocycles. The summed E-state index contributed by atoms with van der Waals surface area (Å²) in [5, 5.41) is 0.483. The molecule has 1 fully saturated rings. The Kier molecular flexibility index (Phi) is 4.41. The zero-order chi connectivity index (χ0) is 18.2. The Morgan fingerprint density at radius 1 is 1.20 bits per heavy atom. The molecule has 1 aliphatic rings. The molecule has 2 heterocycles. The van der Waals surface area contributed by atoms with Gasteiger partial charge in [0.2, 0.25) is 0 Å². The molecule has 0 bridgehead atoms. The van der Waals surface area contributed by atoms with Crippen molar-refractivity contribution in [1.82, 2.24) is 9.88 Å². The summed E-state index contributed by atoms with van der Waals surface area (Å²) in [6, 6.07) is 5.81. The molecule has 2 aromatic rings. The van der Waals surface area contributed by atoms with Crippen molar-refractivity contribution >= 4 is 23.0 Å². The number of piperazine rings is 1. The van der Waals surface area contributed by atoms with Crippen molar-refractivity contribution in [1.29, 1.82) is 0 Å². The number of fused-ring (bicyclic) bond motifs is 1. The Morgan fingerprint density at radius 3 is 2.52 bits per heavy atom. The fourth-order valence-electron chi connectivity index (χ4n) is 2.72. The van der Waals surface area contributed by atoms with Crippen LogP contribution in [0.2, 0.25) is 0 Å². The van der Waals surface area contributed by atoms with Gasteiger partial charge >= 0.3 is 17.7 Å². The number of aryl methyl sites for hydroxylation is 1. The van der Waals surface area contributed by atoms with Crippen molar-refractivity contribution in [2.75, 3.05) is 31.1 Å². The van der Waals surface area contributed by atoms with Crippen molar-refractivity contribution in [3.8, 4) is 0 Å². The summed E-state index contributed by atoms with van der Waals surface area (Å²) in [7, 11) is 0. The van der Waals surface area contributed by atoms with Crippen LogP contribution < -0.4 is 10.5 Å². The fraction of sp³-hybridized carbons (Fsp3) is 0.500. The zero-order valence-electron chi connectivity index (χ0n) is 15.0. The van der Waals surface area contributed by atoms with Crippen molar-refractivity contribution in [3.63, 3.8) is 0 Å². The lowest BCUT2D eigenvalue weighted by Gasteiger charge is -2.35. The summed E-state index contributed by atoms with van der Waals surface area (Å²) >= 11 is 0. The number of aromatic nitrogens is 1. The maximum atomic E-state index is 12.2. The summed E-state index contributed by atoms with van der Waals surface area (Å²) in [6.07, 6.45) is -0.324. The molecule has 0 spiro atoms. The quantitative estimate of drug-likeness (QED) is 0.791. The monoisotopic (exact) mass is 345 g/mol. The molecule has 0 saturated carbocycles. The van der Waals surface area contributed by atoms with E-state index in [2.05, 4.69) is 4.98 Å². The summed E-state index contributed by atoms with van der Waals surface area (Å²) < 4.78 is 10.8. The van der Waals surface area contributed by atoms with Gasteiger partial charge in [-0.15, -0.1) is 0 Å². The second-order valence-corrected chi connectivity index (χ2v) is 7.26. The number of anilines is 1. The van der Waals surface area contributed by atoms with Crippen LogP contribution in [0.5, 0.6) is 0 Å². The van der Waals surface area contributed by atoms with E-state index >= 15 is 0 Å². The van der Waals surface area contributed by atoms with Crippen LogP contribution in [-0.4, -0.2) is 47.8 Å². The molecule has 0 radical (unpaired) electrons. The Morgan fingerprint density at radius 2 is 1.88 bits per heavy atom. The number of rotatable bonds is 1. The topological polar surface area (TPSA) is 75.9 Å². The van der Waals surface area contributed by atoms with Crippen molar-refractivity contribution < 1.29 is 13.9 Å². The van der Waals surface area contributed by atoms with E-state index in [-0.39, 0.29) is 6.09 Å². The molecule has 7 heteroatoms. The van der Waals surface area contributed by atoms with Crippen LogP contribution in [0.15, 0.2) is 27.4 Å². The minimum atomic E-state index is -0.515. The average molecular weight is 345 g/mol. The molecule has 1 amide bonds. The molecule has 1 aliphatic heterocycles. The third-order valence-corrected chi connectivity index (χ3v) is 3.97. The third-order valence-electron chi connectivity index (χ3n) is 3.97. The molecule has 0 unspecified atom stereocenters. The number of amides is 1. The van der Waals surface area contributed by atoms with E-state index in [0.717, 1.165) is 5.56 Å². The molecule has 1 aromatic carbocycles. The highest BCUT2D eigenvalue weighted by Gasteiger charge is 2.27. The van der Waals surface area contributed by atoms with Crippen LogP contribution in [0, 0.1) is 6.92 Å². The third kappa shape index (κ3) is 3.92. The van der Waals surface area contributed by atoms with E-state index in [1.165, 1.54) is 0 Å². The number of nitrogens with zero attached hydrogens (tertiary/aromatic N) is 3. The van der Waals surface area contributed by atoms with Gasteiger partial charge in [0.05, 0.1) is 10.9 Å². The first-order valence-corrected chi connectivity index (χ1v) is 8.37. The van der Waals surface area contributed by atoms with E-state index in [1.807, 2.05) is 44.7 Å². The van der Waals surface area contributed by atoms with E-state index in [4.69, 9.17) is 9.15 Å². The Hall–Kier alpha value is -2.57. The van der Waals surface area contributed by atoms with Crippen molar-refractivity contribution in [2.24, 2.45) is 0 Å². The maximum absolute atomic E-state index is 12.2. The number of hydrogen-bond donors (Lipinski definition) is 0. The molecular weight excluding hydrogens is 322 g/mol. The summed E-state index contributed by atoms with van der Waals surface area (Å²) in [5.74, 6) is 0. The maximum Gasteiger partial charge on any atom is 0.410 e. The first-order valence-electron chi connectivity index (χ1n) is 8.37. The largest absolute Gasteiger partial charge is 0.444 e. The average Bonchev–Trinajstić information content (AvgIpc) is 2.54. The van der Waals surface area contributed by atoms with Gasteiger partial charge in [-0.25, -0.2) is 9.59 Å². The van der Waals surface area contributed by atoms with Crippen molar-refractivity contribution in [2.45, 2.75) is 33.3 Å². The lowest BCUT2D eigenvalue weighted by Crippen LogP contribution is -2.50. The van der Waals surface area contributed by atoms with Crippen LogP contribution in [0.3, 0.4) is 0 Å². The number of ether oxygens (including phenoxy) is 1. The van der Waals surface area contributed by atoms with Gasteiger partial charge in [-0.3, -0.25) is 0 Å². The molecule has 1 saturated heterocycles. The van der Waals surface area contributed by atoms with Crippen molar-refractivity contribution in [3.05, 3.63) is 34.2 Å². The fourth-order valence-corrected chi connectivity index (χ4v) is 2.72. The number of hydrogen-bond acceptors (Lipinski definition) is 6. The van der Waals surface area contributed by atoms with Gasteiger partial charge < -0.3 is 19.0 Å². The summed E-state index contributed by atoms with van der Waals surface area (Å²) in [6.45, 7) is 9.50. The first kappa shape index (κ1) is 17.3. The van der Waals surface area contributed by atoms with Gasteiger partial charge in [0.1, 0.15) is 5.60 Å². The number of carbonyl (C=O) groups is 1. The van der Waals surface area contributed by atoms with E-state index < -0.39 is 11.2 Å². The summed E-state index contributed by atoms with van der Waals surface area (Å²) in [4.78, 5) is 32.3. The first-order chi connectivity index (χ1) is 11.7. The number of benzene rings is 1. The normalized spacial score (nSPS) is 15.5. The molecule has 7 nitrogen and oxygen atoms in total. The van der Waals surface area contributed by atoms with Gasteiger partial charge in [0.15, 0.2) is 0 Å². The van der Waals surface area contributed by atoms with Crippen LogP contribution in [0.4, 0.5) is 10.8 Å². The van der Waals surface area contributed by atoms with Gasteiger partial charge in [0.25, 0.3) is 0 Å². The molecule has 3 rings (SSSR count). The predicted molar refractivity (Wildman–Crippen MR) is 95.0 cm³/mol. The lowest BCUT2D eigenvalue weighted by molar-refractivity contribution is 0.0238. The minimum Gasteiger partial charge on any atom is -0.444 e. The molecule has 134 valence electrons. The Bertz CT molecular complexity index is 846. The van der Waals surface area contributed by atoms with Gasteiger partial charge in [0, 0.05) is 26.2 Å². The van der Waals surface area contributed by atoms with Crippen LogP contribution in [0.25, 0.3) is 10.9 Å². The second-order valence-electron chi connectivity index (χ2n) is 7.26. The standard InChI is InChI=1S/C18H23N3O4/c1-12-5-6-14-13(11-12)15(22)24-16(19-14)20-7-9-21(10-8-20)17(23)25-18(2,3)4/h5-6,11H,7-10H2,1-4H3. The molecular formula is C18H23N3O4. The van der Waals surface area contributed by atoms with Crippen LogP contribution in [0.1, 0.15) is 26.3 Å². The van der Waals surface area contributed by atoms with Gasteiger partial charge in [-0.1, -0.05) is 11.6 Å². The predicted octanol–water partition coefficient (Wildman–Crippen LogP) is 2.55. The molecule has 0 atom stereocenters.